The summed E-state index contributed by atoms with van der Waals surface area (Å²) in [6, 6.07) is 9.56. The molecule has 2 N–H and O–H groups in total. The summed E-state index contributed by atoms with van der Waals surface area (Å²) in [5.41, 5.74) is 0.395. The maximum absolute atomic E-state index is 12.4. The van der Waals surface area contributed by atoms with Gasteiger partial charge in [-0.05, 0) is 25.0 Å². The van der Waals surface area contributed by atoms with Gasteiger partial charge in [-0.3, -0.25) is 9.36 Å². The number of amides is 1. The lowest BCUT2D eigenvalue weighted by Crippen LogP contribution is -2.45. The van der Waals surface area contributed by atoms with E-state index in [0.29, 0.717) is 5.69 Å². The SMILES string of the molecule is CCC(C)C(C)(O)CNC(=O)c1cncn1-c1ccccc1. The quantitative estimate of drug-likeness (QED) is 0.861. The second kappa shape index (κ2) is 6.75. The van der Waals surface area contributed by atoms with Crippen LogP contribution in [0, 0.1) is 5.92 Å². The molecule has 1 aromatic carbocycles. The third kappa shape index (κ3) is 3.54. The number of carbonyl (C=O) groups excluding carboxylic acids is 1. The molecule has 2 aromatic rings. The molecule has 0 aliphatic carbocycles. The highest BCUT2D eigenvalue weighted by Gasteiger charge is 2.28. The van der Waals surface area contributed by atoms with Crippen LogP contribution < -0.4 is 5.32 Å². The van der Waals surface area contributed by atoms with Gasteiger partial charge in [-0.25, -0.2) is 4.98 Å². The summed E-state index contributed by atoms with van der Waals surface area (Å²) in [5.74, 6) is -0.142. The van der Waals surface area contributed by atoms with Crippen molar-refractivity contribution in [2.75, 3.05) is 6.54 Å². The fourth-order valence-electron chi connectivity index (χ4n) is 2.22. The smallest absolute Gasteiger partial charge is 0.270 e. The zero-order valence-electron chi connectivity index (χ0n) is 13.3. The van der Waals surface area contributed by atoms with Crippen LogP contribution >= 0.6 is 0 Å². The normalized spacial score (nSPS) is 15.1. The van der Waals surface area contributed by atoms with Crippen LogP contribution in [-0.2, 0) is 0 Å². The van der Waals surface area contributed by atoms with Gasteiger partial charge < -0.3 is 10.4 Å². The first-order valence-corrected chi connectivity index (χ1v) is 7.54. The number of imidazole rings is 1. The van der Waals surface area contributed by atoms with Crippen LogP contribution in [0.15, 0.2) is 42.9 Å². The zero-order chi connectivity index (χ0) is 16.2. The molecule has 0 fully saturated rings. The monoisotopic (exact) mass is 301 g/mol. The van der Waals surface area contributed by atoms with Crippen LogP contribution in [0.1, 0.15) is 37.7 Å². The van der Waals surface area contributed by atoms with Crippen molar-refractivity contribution in [1.29, 1.82) is 0 Å². The van der Waals surface area contributed by atoms with Crippen molar-refractivity contribution in [3.63, 3.8) is 0 Å². The Hall–Kier alpha value is -2.14. The van der Waals surface area contributed by atoms with Gasteiger partial charge in [-0.15, -0.1) is 0 Å². The minimum Gasteiger partial charge on any atom is -0.388 e. The van der Waals surface area contributed by atoms with Gasteiger partial charge in [0.1, 0.15) is 5.69 Å². The first kappa shape index (κ1) is 16.2. The largest absolute Gasteiger partial charge is 0.388 e. The number of para-hydroxylation sites is 1. The lowest BCUT2D eigenvalue weighted by atomic mass is 9.88. The van der Waals surface area contributed by atoms with Crippen LogP contribution in [-0.4, -0.2) is 32.7 Å². The van der Waals surface area contributed by atoms with Gasteiger partial charge in [0.15, 0.2) is 0 Å². The molecule has 0 bridgehead atoms. The highest BCUT2D eigenvalue weighted by atomic mass is 16.3. The lowest BCUT2D eigenvalue weighted by Gasteiger charge is -2.29. The predicted molar refractivity (Wildman–Crippen MR) is 86.0 cm³/mol. The Kier molecular flexibility index (Phi) is 4.98. The average Bonchev–Trinajstić information content (AvgIpc) is 3.02. The summed E-state index contributed by atoms with van der Waals surface area (Å²) in [5, 5.41) is 13.2. The Labute approximate surface area is 131 Å². The van der Waals surface area contributed by atoms with Crippen LogP contribution in [0.2, 0.25) is 0 Å². The summed E-state index contributed by atoms with van der Waals surface area (Å²) in [6.07, 6.45) is 3.99. The third-order valence-electron chi connectivity index (χ3n) is 4.19. The molecule has 118 valence electrons. The summed E-state index contributed by atoms with van der Waals surface area (Å²) < 4.78 is 1.73. The van der Waals surface area contributed by atoms with E-state index in [-0.39, 0.29) is 18.4 Å². The average molecular weight is 301 g/mol. The molecule has 2 atom stereocenters. The first-order chi connectivity index (χ1) is 10.5. The lowest BCUT2D eigenvalue weighted by molar-refractivity contribution is 0.00586. The topological polar surface area (TPSA) is 67.2 Å². The molecule has 1 amide bonds. The number of benzene rings is 1. The summed E-state index contributed by atoms with van der Waals surface area (Å²) >= 11 is 0. The van der Waals surface area contributed by atoms with Crippen LogP contribution in [0.4, 0.5) is 0 Å². The fraction of sp³-hybridized carbons (Fsp3) is 0.412. The maximum Gasteiger partial charge on any atom is 0.270 e. The van der Waals surface area contributed by atoms with E-state index in [0.717, 1.165) is 12.1 Å². The van der Waals surface area contributed by atoms with Crippen molar-refractivity contribution in [1.82, 2.24) is 14.9 Å². The molecule has 0 aliphatic rings. The molecular weight excluding hydrogens is 278 g/mol. The molecule has 0 spiro atoms. The van der Waals surface area contributed by atoms with Crippen LogP contribution in [0.3, 0.4) is 0 Å². The number of hydrogen-bond donors (Lipinski definition) is 2. The Balaban J connectivity index is 2.11. The summed E-state index contributed by atoms with van der Waals surface area (Å²) in [4.78, 5) is 16.4. The molecule has 1 heterocycles. The van der Waals surface area contributed by atoms with E-state index in [2.05, 4.69) is 10.3 Å². The van der Waals surface area contributed by atoms with Gasteiger partial charge in [0.2, 0.25) is 0 Å². The Morgan fingerprint density at radius 3 is 2.73 bits per heavy atom. The van der Waals surface area contributed by atoms with Crippen molar-refractivity contribution in [3.8, 4) is 5.69 Å². The van der Waals surface area contributed by atoms with Gasteiger partial charge in [0, 0.05) is 12.2 Å². The summed E-state index contributed by atoms with van der Waals surface area (Å²) in [6.45, 7) is 5.95. The third-order valence-corrected chi connectivity index (χ3v) is 4.19. The maximum atomic E-state index is 12.4. The van der Waals surface area contributed by atoms with E-state index >= 15 is 0 Å². The number of hydrogen-bond acceptors (Lipinski definition) is 3. The molecule has 0 saturated heterocycles. The molecule has 5 nitrogen and oxygen atoms in total. The second-order valence-corrected chi connectivity index (χ2v) is 5.83. The predicted octanol–water partition coefficient (Wildman–Crippen LogP) is 2.40. The number of aromatic nitrogens is 2. The molecule has 0 radical (unpaired) electrons. The minimum absolute atomic E-state index is 0.104. The van der Waals surface area contributed by atoms with Gasteiger partial charge in [-0.1, -0.05) is 38.5 Å². The van der Waals surface area contributed by atoms with E-state index in [9.17, 15) is 9.90 Å². The number of aliphatic hydroxyl groups is 1. The molecule has 0 saturated carbocycles. The molecule has 2 unspecified atom stereocenters. The fourth-order valence-corrected chi connectivity index (χ4v) is 2.22. The molecular formula is C17H23N3O2. The molecule has 2 rings (SSSR count). The van der Waals surface area contributed by atoms with Gasteiger partial charge in [0.25, 0.3) is 5.91 Å². The molecule has 22 heavy (non-hydrogen) atoms. The molecule has 5 heteroatoms. The van der Waals surface area contributed by atoms with Crippen molar-refractivity contribution in [3.05, 3.63) is 48.5 Å². The number of rotatable bonds is 6. The van der Waals surface area contributed by atoms with Crippen molar-refractivity contribution < 1.29 is 9.90 Å². The van der Waals surface area contributed by atoms with Gasteiger partial charge in [-0.2, -0.15) is 0 Å². The van der Waals surface area contributed by atoms with E-state index in [1.807, 2.05) is 44.2 Å². The standard InChI is InChI=1S/C17H23N3O2/c1-4-13(2)17(3,22)11-19-16(21)15-10-18-12-20(15)14-8-6-5-7-9-14/h5-10,12-13,22H,4,11H2,1-3H3,(H,19,21). The van der Waals surface area contributed by atoms with E-state index < -0.39 is 5.60 Å². The number of nitrogens with zero attached hydrogens (tertiary/aromatic N) is 2. The number of nitrogens with one attached hydrogen (secondary N) is 1. The summed E-state index contributed by atoms with van der Waals surface area (Å²) in [7, 11) is 0. The Morgan fingerprint density at radius 2 is 2.09 bits per heavy atom. The first-order valence-electron chi connectivity index (χ1n) is 7.54. The van der Waals surface area contributed by atoms with Crippen LogP contribution in [0.5, 0.6) is 0 Å². The Morgan fingerprint density at radius 1 is 1.41 bits per heavy atom. The molecule has 0 aliphatic heterocycles. The van der Waals surface area contributed by atoms with Gasteiger partial charge >= 0.3 is 0 Å². The van der Waals surface area contributed by atoms with E-state index in [4.69, 9.17) is 0 Å². The minimum atomic E-state index is -0.929. The highest BCUT2D eigenvalue weighted by molar-refractivity contribution is 5.93. The second-order valence-electron chi connectivity index (χ2n) is 5.83. The van der Waals surface area contributed by atoms with Crippen molar-refractivity contribution in [2.45, 2.75) is 32.8 Å². The van der Waals surface area contributed by atoms with Crippen molar-refractivity contribution >= 4 is 5.91 Å². The van der Waals surface area contributed by atoms with E-state index in [1.165, 1.54) is 6.20 Å². The zero-order valence-corrected chi connectivity index (χ0v) is 13.3. The van der Waals surface area contributed by atoms with Crippen molar-refractivity contribution in [2.24, 2.45) is 5.92 Å². The Bertz CT molecular complexity index is 620. The highest BCUT2D eigenvalue weighted by Crippen LogP contribution is 2.19. The van der Waals surface area contributed by atoms with E-state index in [1.54, 1.807) is 17.8 Å². The molecule has 1 aromatic heterocycles. The van der Waals surface area contributed by atoms with Gasteiger partial charge in [0.05, 0.1) is 18.1 Å². The number of carbonyl (C=O) groups is 1. The van der Waals surface area contributed by atoms with Crippen LogP contribution in [0.25, 0.3) is 5.69 Å².